The molecule has 1 N–H and O–H groups in total. The van der Waals surface area contributed by atoms with Gasteiger partial charge in [-0.25, -0.2) is 0 Å². The van der Waals surface area contributed by atoms with E-state index in [2.05, 4.69) is 4.98 Å². The van der Waals surface area contributed by atoms with Crippen LogP contribution >= 0.6 is 11.6 Å². The third kappa shape index (κ3) is 4.02. The van der Waals surface area contributed by atoms with Gasteiger partial charge in [-0.05, 0) is 53.6 Å². The van der Waals surface area contributed by atoms with Gasteiger partial charge in [-0.1, -0.05) is 29.8 Å². The number of hydrogen-bond donors (Lipinski definition) is 1. The number of nitrogens with zero attached hydrogens (tertiary/aromatic N) is 2. The molecule has 1 fully saturated rings. The number of likely N-dealkylation sites (tertiary alicyclic amines) is 1. The first kappa shape index (κ1) is 20.6. The van der Waals surface area contributed by atoms with Crippen molar-refractivity contribution in [2.75, 3.05) is 7.11 Å². The zero-order chi connectivity index (χ0) is 22.0. The minimum atomic E-state index is -0.762. The second-order valence-corrected chi connectivity index (χ2v) is 7.50. The number of aliphatic hydroxyl groups excluding tert-OH is 1. The lowest BCUT2D eigenvalue weighted by atomic mass is 9.95. The zero-order valence-corrected chi connectivity index (χ0v) is 17.4. The molecule has 31 heavy (non-hydrogen) atoms. The molecule has 0 bridgehead atoms. The fourth-order valence-corrected chi connectivity index (χ4v) is 3.75. The minimum Gasteiger partial charge on any atom is -0.507 e. The fourth-order valence-electron chi connectivity index (χ4n) is 3.63. The summed E-state index contributed by atoms with van der Waals surface area (Å²) in [6, 6.07) is 16.3. The van der Waals surface area contributed by atoms with E-state index in [-0.39, 0.29) is 17.9 Å². The molecule has 0 unspecified atom stereocenters. The van der Waals surface area contributed by atoms with E-state index in [0.29, 0.717) is 21.9 Å². The Labute approximate surface area is 184 Å². The van der Waals surface area contributed by atoms with Crippen LogP contribution in [0, 0.1) is 0 Å². The highest BCUT2D eigenvalue weighted by Gasteiger charge is 2.46. The summed E-state index contributed by atoms with van der Waals surface area (Å²) in [7, 11) is 1.56. The molecule has 1 atom stereocenters. The van der Waals surface area contributed by atoms with Gasteiger partial charge in [-0.3, -0.25) is 14.6 Å². The molecule has 0 saturated carbocycles. The van der Waals surface area contributed by atoms with Gasteiger partial charge in [0.25, 0.3) is 11.7 Å². The Hall–Kier alpha value is -3.64. The lowest BCUT2D eigenvalue weighted by Gasteiger charge is -2.25. The first-order chi connectivity index (χ1) is 15.0. The summed E-state index contributed by atoms with van der Waals surface area (Å²) in [6.45, 7) is 0.173. The van der Waals surface area contributed by atoms with Crippen LogP contribution in [0.5, 0.6) is 5.75 Å². The second kappa shape index (κ2) is 8.62. The Morgan fingerprint density at radius 1 is 1.10 bits per heavy atom. The van der Waals surface area contributed by atoms with Crippen LogP contribution in [0.1, 0.15) is 22.7 Å². The molecule has 1 aromatic heterocycles. The molecule has 1 amide bonds. The summed E-state index contributed by atoms with van der Waals surface area (Å²) in [4.78, 5) is 31.5. The monoisotopic (exact) mass is 434 g/mol. The van der Waals surface area contributed by atoms with Crippen molar-refractivity contribution in [2.45, 2.75) is 12.6 Å². The van der Waals surface area contributed by atoms with Crippen molar-refractivity contribution >= 4 is 29.1 Å². The molecular weight excluding hydrogens is 416 g/mol. The van der Waals surface area contributed by atoms with Crippen LogP contribution in [0.4, 0.5) is 0 Å². The maximum Gasteiger partial charge on any atom is 0.295 e. The maximum absolute atomic E-state index is 13.0. The molecule has 2 aromatic carbocycles. The quantitative estimate of drug-likeness (QED) is 0.366. The van der Waals surface area contributed by atoms with Crippen molar-refractivity contribution in [3.63, 3.8) is 0 Å². The molecule has 6 nitrogen and oxygen atoms in total. The lowest BCUT2D eigenvalue weighted by molar-refractivity contribution is -0.140. The molecule has 0 aliphatic carbocycles. The van der Waals surface area contributed by atoms with Gasteiger partial charge in [-0.2, -0.15) is 0 Å². The molecule has 3 aromatic rings. The zero-order valence-electron chi connectivity index (χ0n) is 16.7. The summed E-state index contributed by atoms with van der Waals surface area (Å²) in [5.41, 5.74) is 1.89. The van der Waals surface area contributed by atoms with Gasteiger partial charge in [0.15, 0.2) is 0 Å². The molecule has 0 spiro atoms. The first-order valence-corrected chi connectivity index (χ1v) is 9.94. The smallest absolute Gasteiger partial charge is 0.295 e. The largest absolute Gasteiger partial charge is 0.507 e. The number of ketones is 1. The van der Waals surface area contributed by atoms with Crippen molar-refractivity contribution in [3.8, 4) is 5.75 Å². The highest BCUT2D eigenvalue weighted by Crippen LogP contribution is 2.40. The van der Waals surface area contributed by atoms with Gasteiger partial charge >= 0.3 is 0 Å². The van der Waals surface area contributed by atoms with E-state index in [1.807, 2.05) is 6.07 Å². The van der Waals surface area contributed by atoms with Crippen molar-refractivity contribution in [2.24, 2.45) is 0 Å². The van der Waals surface area contributed by atoms with Gasteiger partial charge in [0.1, 0.15) is 11.5 Å². The average molecular weight is 435 g/mol. The summed E-state index contributed by atoms with van der Waals surface area (Å²) in [5.74, 6) is -1.02. The van der Waals surface area contributed by atoms with Crippen LogP contribution in [0.15, 0.2) is 78.6 Å². The van der Waals surface area contributed by atoms with E-state index in [4.69, 9.17) is 16.3 Å². The van der Waals surface area contributed by atoms with E-state index >= 15 is 0 Å². The van der Waals surface area contributed by atoms with Gasteiger partial charge in [0.05, 0.1) is 18.7 Å². The summed E-state index contributed by atoms with van der Waals surface area (Å²) in [5, 5.41) is 11.5. The number of ether oxygens (including phenoxy) is 1. The third-order valence-corrected chi connectivity index (χ3v) is 5.42. The molecule has 156 valence electrons. The van der Waals surface area contributed by atoms with Crippen LogP contribution in [-0.2, 0) is 16.1 Å². The van der Waals surface area contributed by atoms with Crippen LogP contribution < -0.4 is 4.74 Å². The van der Waals surface area contributed by atoms with E-state index < -0.39 is 17.7 Å². The Bertz CT molecular complexity index is 1140. The number of aliphatic hydroxyl groups is 1. The predicted octanol–water partition coefficient (Wildman–Crippen LogP) is 4.37. The van der Waals surface area contributed by atoms with Crippen molar-refractivity contribution in [1.29, 1.82) is 0 Å². The Balaban J connectivity index is 1.85. The standard InChI is InChI=1S/C24H19ClN2O4/c1-31-19-10-6-16(7-11-19)21-20(22(28)17-4-8-18(25)9-5-17)23(29)24(30)27(21)14-15-3-2-12-26-13-15/h2-13,21,28H,14H2,1H3/t21-/m0/s1. The second-order valence-electron chi connectivity index (χ2n) is 7.07. The van der Waals surface area contributed by atoms with E-state index in [1.165, 1.54) is 4.90 Å². The maximum atomic E-state index is 13.0. The molecule has 4 rings (SSSR count). The lowest BCUT2D eigenvalue weighted by Crippen LogP contribution is -2.29. The molecule has 1 aliphatic heterocycles. The molecule has 2 heterocycles. The number of halogens is 1. The fraction of sp³-hybridized carbons (Fsp3) is 0.125. The Morgan fingerprint density at radius 2 is 1.81 bits per heavy atom. The molecule has 1 aliphatic rings. The van der Waals surface area contributed by atoms with Gasteiger partial charge in [-0.15, -0.1) is 0 Å². The van der Waals surface area contributed by atoms with Crippen LogP contribution in [0.3, 0.4) is 0 Å². The van der Waals surface area contributed by atoms with Crippen molar-refractivity contribution < 1.29 is 19.4 Å². The topological polar surface area (TPSA) is 79.7 Å². The van der Waals surface area contributed by atoms with Gasteiger partial charge in [0.2, 0.25) is 0 Å². The molecule has 7 heteroatoms. The van der Waals surface area contributed by atoms with E-state index in [0.717, 1.165) is 5.56 Å². The summed E-state index contributed by atoms with van der Waals surface area (Å²) in [6.07, 6.45) is 3.28. The molecular formula is C24H19ClN2O4. The number of Topliss-reactive ketones (excluding diaryl/α,β-unsaturated/α-hetero) is 1. The number of pyridine rings is 1. The number of aromatic nitrogens is 1. The SMILES string of the molecule is COc1ccc([C@H]2C(=C(O)c3ccc(Cl)cc3)C(=O)C(=O)N2Cc2cccnc2)cc1. The normalized spacial score (nSPS) is 17.7. The van der Waals surface area contributed by atoms with E-state index in [1.54, 1.807) is 74.1 Å². The number of rotatable bonds is 5. The van der Waals surface area contributed by atoms with Gasteiger partial charge < -0.3 is 14.7 Å². The highest BCUT2D eigenvalue weighted by molar-refractivity contribution is 6.46. The molecule has 0 radical (unpaired) electrons. The number of hydrogen-bond acceptors (Lipinski definition) is 5. The number of carbonyl (C=O) groups is 2. The molecule has 1 saturated heterocycles. The van der Waals surface area contributed by atoms with E-state index in [9.17, 15) is 14.7 Å². The number of carbonyl (C=O) groups excluding carboxylic acids is 2. The minimum absolute atomic E-state index is 0.0291. The number of methoxy groups -OCH3 is 1. The summed E-state index contributed by atoms with van der Waals surface area (Å²) >= 11 is 5.95. The summed E-state index contributed by atoms with van der Waals surface area (Å²) < 4.78 is 5.22. The van der Waals surface area contributed by atoms with Crippen LogP contribution in [0.25, 0.3) is 5.76 Å². The average Bonchev–Trinajstić information content (AvgIpc) is 3.05. The van der Waals surface area contributed by atoms with Crippen LogP contribution in [0.2, 0.25) is 5.02 Å². The predicted molar refractivity (Wildman–Crippen MR) is 117 cm³/mol. The van der Waals surface area contributed by atoms with Crippen molar-refractivity contribution in [3.05, 3.63) is 100 Å². The van der Waals surface area contributed by atoms with Crippen LogP contribution in [-0.4, -0.2) is 33.8 Å². The van der Waals surface area contributed by atoms with Gasteiger partial charge in [0, 0.05) is 29.5 Å². The first-order valence-electron chi connectivity index (χ1n) is 9.57. The third-order valence-electron chi connectivity index (χ3n) is 5.16. The highest BCUT2D eigenvalue weighted by atomic mass is 35.5. The van der Waals surface area contributed by atoms with Crippen molar-refractivity contribution in [1.82, 2.24) is 9.88 Å². The Kier molecular flexibility index (Phi) is 5.73. The Morgan fingerprint density at radius 3 is 2.42 bits per heavy atom. The number of benzene rings is 2. The number of amides is 1.